The van der Waals surface area contributed by atoms with Gasteiger partial charge in [0.2, 0.25) is 0 Å². The molecule has 0 spiro atoms. The van der Waals surface area contributed by atoms with Crippen LogP contribution in [-0.2, 0) is 0 Å². The fraction of sp³-hybridized carbons (Fsp3) is 0.333. The van der Waals surface area contributed by atoms with Crippen molar-refractivity contribution in [3.63, 3.8) is 0 Å². The summed E-state index contributed by atoms with van der Waals surface area (Å²) < 4.78 is 0. The van der Waals surface area contributed by atoms with Crippen LogP contribution in [0.25, 0.3) is 0 Å². The third-order valence-electron chi connectivity index (χ3n) is 0.181. The molecule has 0 radical (unpaired) electrons. The highest BCUT2D eigenvalue weighted by Crippen LogP contribution is 2.07. The molecule has 0 saturated heterocycles. The largest absolute Gasteiger partial charge is 0.102 e. The van der Waals surface area contributed by atoms with E-state index in [-0.39, 0.29) is 0 Å². The first kappa shape index (κ1) is 5.57. The Morgan fingerprint density at radius 2 is 2.60 bits per heavy atom. The lowest BCUT2D eigenvalue weighted by molar-refractivity contribution is 1.84. The third-order valence-corrected chi connectivity index (χ3v) is 1.34. The molecular formula is C3H5BrS. The van der Waals surface area contributed by atoms with Gasteiger partial charge >= 0.3 is 0 Å². The molecule has 0 nitrogen and oxygen atoms in total. The van der Waals surface area contributed by atoms with Crippen molar-refractivity contribution in [2.24, 2.45) is 0 Å². The zero-order valence-corrected chi connectivity index (χ0v) is 5.18. The van der Waals surface area contributed by atoms with Gasteiger partial charge in [0.05, 0.1) is 0 Å². The van der Waals surface area contributed by atoms with E-state index in [2.05, 4.69) is 21.4 Å². The lowest BCUT2D eigenvalue weighted by Crippen LogP contribution is -1.51. The van der Waals surface area contributed by atoms with Gasteiger partial charge in [-0.05, 0) is 14.8 Å². The van der Waals surface area contributed by atoms with Gasteiger partial charge in [-0.2, -0.15) is 0 Å². The second-order valence-electron chi connectivity index (χ2n) is 0.564. The molecule has 0 heterocycles. The molecule has 0 atom stereocenters. The van der Waals surface area contributed by atoms with Crippen LogP contribution in [0.2, 0.25) is 0 Å². The molecule has 0 aromatic rings. The average molecular weight is 153 g/mol. The highest BCUT2D eigenvalue weighted by molar-refractivity contribution is 9.50. The predicted molar refractivity (Wildman–Crippen MR) is 31.6 cm³/mol. The Kier molecular flexibility index (Phi) is 5.09. The molecule has 0 saturated carbocycles. The minimum atomic E-state index is 0.986. The van der Waals surface area contributed by atoms with Gasteiger partial charge < -0.3 is 0 Å². The third kappa shape index (κ3) is 4.57. The summed E-state index contributed by atoms with van der Waals surface area (Å²) in [4.78, 5) is 0. The smallest absolute Gasteiger partial charge is 0.0220 e. The van der Waals surface area contributed by atoms with Crippen molar-refractivity contribution >= 4 is 25.0 Å². The molecule has 0 fully saturated rings. The molecule has 2 heteroatoms. The van der Waals surface area contributed by atoms with E-state index in [1.165, 1.54) is 0 Å². The monoisotopic (exact) mass is 152 g/mol. The van der Waals surface area contributed by atoms with E-state index in [1.54, 1.807) is 10.2 Å². The Morgan fingerprint density at radius 3 is 2.60 bits per heavy atom. The highest BCUT2D eigenvalue weighted by atomic mass is 79.9. The standard InChI is InChI=1S/C3H5BrS/c1-2-3-5-4/h2H,1,3H2. The number of halogens is 1. The van der Waals surface area contributed by atoms with Gasteiger partial charge in [-0.3, -0.25) is 0 Å². The first-order chi connectivity index (χ1) is 2.41. The second-order valence-corrected chi connectivity index (χ2v) is 2.49. The molecule has 0 aromatic carbocycles. The van der Waals surface area contributed by atoms with Crippen molar-refractivity contribution in [3.05, 3.63) is 12.7 Å². The van der Waals surface area contributed by atoms with Gasteiger partial charge in [0.25, 0.3) is 0 Å². The van der Waals surface area contributed by atoms with Crippen LogP contribution in [0.4, 0.5) is 0 Å². The Morgan fingerprint density at radius 1 is 2.00 bits per heavy atom. The molecule has 0 aliphatic carbocycles. The number of hydrogen-bond donors (Lipinski definition) is 0. The summed E-state index contributed by atoms with van der Waals surface area (Å²) in [6, 6.07) is 0. The van der Waals surface area contributed by atoms with Crippen LogP contribution < -0.4 is 0 Å². The molecule has 0 unspecified atom stereocenters. The van der Waals surface area contributed by atoms with E-state index >= 15 is 0 Å². The maximum absolute atomic E-state index is 3.50. The minimum Gasteiger partial charge on any atom is -0.102 e. The summed E-state index contributed by atoms with van der Waals surface area (Å²) in [6.45, 7) is 3.50. The normalized spacial score (nSPS) is 7.40. The van der Waals surface area contributed by atoms with Gasteiger partial charge in [-0.25, -0.2) is 0 Å². The van der Waals surface area contributed by atoms with Crippen LogP contribution in [0.1, 0.15) is 0 Å². The van der Waals surface area contributed by atoms with E-state index in [9.17, 15) is 0 Å². The molecule has 0 rings (SSSR count). The van der Waals surface area contributed by atoms with E-state index in [4.69, 9.17) is 0 Å². The summed E-state index contributed by atoms with van der Waals surface area (Å²) in [5.74, 6) is 0.986. The van der Waals surface area contributed by atoms with Crippen LogP contribution >= 0.6 is 25.0 Å². The summed E-state index contributed by atoms with van der Waals surface area (Å²) >= 11 is 3.15. The molecule has 0 aromatic heterocycles. The van der Waals surface area contributed by atoms with Crippen molar-refractivity contribution in [3.8, 4) is 0 Å². The lowest BCUT2D eigenvalue weighted by Gasteiger charge is -1.70. The summed E-state index contributed by atoms with van der Waals surface area (Å²) in [7, 11) is 1.60. The minimum absolute atomic E-state index is 0.986. The van der Waals surface area contributed by atoms with Gasteiger partial charge in [-0.1, -0.05) is 16.3 Å². The maximum atomic E-state index is 3.50. The van der Waals surface area contributed by atoms with Gasteiger partial charge in [0.1, 0.15) is 0 Å². The van der Waals surface area contributed by atoms with Gasteiger partial charge in [-0.15, -0.1) is 6.58 Å². The molecule has 0 bridgehead atoms. The number of hydrogen-bond acceptors (Lipinski definition) is 1. The summed E-state index contributed by atoms with van der Waals surface area (Å²) in [5, 5.41) is 0. The van der Waals surface area contributed by atoms with Crippen LogP contribution in [0.15, 0.2) is 12.7 Å². The van der Waals surface area contributed by atoms with Crippen LogP contribution in [0, 0.1) is 0 Å². The summed E-state index contributed by atoms with van der Waals surface area (Å²) in [5.41, 5.74) is 0. The van der Waals surface area contributed by atoms with Crippen LogP contribution in [0.3, 0.4) is 0 Å². The quantitative estimate of drug-likeness (QED) is 0.548. The number of rotatable bonds is 2. The Bertz CT molecular complexity index is 28.1. The average Bonchev–Trinajstić information content (AvgIpc) is 1.41. The fourth-order valence-corrected chi connectivity index (χ4v) is 0.694. The first-order valence-electron chi connectivity index (χ1n) is 1.26. The Hall–Kier alpha value is 0.570. The molecular weight excluding hydrogens is 148 g/mol. The van der Waals surface area contributed by atoms with E-state index in [0.29, 0.717) is 0 Å². The lowest BCUT2D eigenvalue weighted by atomic mass is 10.8. The molecule has 0 amide bonds. The van der Waals surface area contributed by atoms with Crippen molar-refractivity contribution in [2.45, 2.75) is 0 Å². The van der Waals surface area contributed by atoms with Crippen molar-refractivity contribution < 1.29 is 0 Å². The molecule has 0 aliphatic rings. The van der Waals surface area contributed by atoms with Gasteiger partial charge in [0, 0.05) is 5.75 Å². The second kappa shape index (κ2) is 4.57. The van der Waals surface area contributed by atoms with E-state index < -0.39 is 0 Å². The summed E-state index contributed by atoms with van der Waals surface area (Å²) in [6.07, 6.45) is 1.85. The maximum Gasteiger partial charge on any atom is 0.0220 e. The zero-order chi connectivity index (χ0) is 4.12. The Balaban J connectivity index is 2.40. The molecule has 30 valence electrons. The van der Waals surface area contributed by atoms with E-state index in [0.717, 1.165) is 5.75 Å². The molecule has 0 N–H and O–H groups in total. The molecule has 5 heavy (non-hydrogen) atoms. The van der Waals surface area contributed by atoms with Crippen molar-refractivity contribution in [1.29, 1.82) is 0 Å². The topological polar surface area (TPSA) is 0 Å². The SMILES string of the molecule is C=CCSBr. The fourth-order valence-electron chi connectivity index (χ4n) is 0.0445. The predicted octanol–water partition coefficient (Wildman–Crippen LogP) is 2.22. The van der Waals surface area contributed by atoms with Crippen molar-refractivity contribution in [1.82, 2.24) is 0 Å². The zero-order valence-electron chi connectivity index (χ0n) is 2.78. The molecule has 0 aliphatic heterocycles. The van der Waals surface area contributed by atoms with Crippen LogP contribution in [-0.4, -0.2) is 5.75 Å². The Labute approximate surface area is 43.8 Å². The first-order valence-corrected chi connectivity index (χ1v) is 4.09. The highest BCUT2D eigenvalue weighted by Gasteiger charge is 1.63. The van der Waals surface area contributed by atoms with Crippen molar-refractivity contribution in [2.75, 3.05) is 5.75 Å². The van der Waals surface area contributed by atoms with Crippen LogP contribution in [0.5, 0.6) is 0 Å². The van der Waals surface area contributed by atoms with E-state index in [1.807, 2.05) is 6.08 Å². The van der Waals surface area contributed by atoms with Gasteiger partial charge in [0.15, 0.2) is 0 Å².